The molecule has 8 heteroatoms. The maximum Gasteiger partial charge on any atom is 0.277 e. The van der Waals surface area contributed by atoms with Crippen molar-refractivity contribution in [2.75, 3.05) is 11.1 Å². The molecule has 0 radical (unpaired) electrons. The Morgan fingerprint density at radius 2 is 1.89 bits per heavy atom. The van der Waals surface area contributed by atoms with Crippen LogP contribution in [0.1, 0.15) is 22.8 Å². The van der Waals surface area contributed by atoms with Gasteiger partial charge in [0.05, 0.1) is 11.3 Å². The van der Waals surface area contributed by atoms with Crippen molar-refractivity contribution >= 4 is 29.1 Å². The number of nitrogens with zero attached hydrogens (tertiary/aromatic N) is 2. The van der Waals surface area contributed by atoms with Gasteiger partial charge in [-0.15, -0.1) is 10.2 Å². The van der Waals surface area contributed by atoms with Gasteiger partial charge >= 0.3 is 0 Å². The highest BCUT2D eigenvalue weighted by molar-refractivity contribution is 7.99. The van der Waals surface area contributed by atoms with Crippen LogP contribution in [0.5, 0.6) is 0 Å². The number of amides is 1. The zero-order valence-electron chi connectivity index (χ0n) is 14.7. The number of carbonyl (C=O) groups is 2. The Morgan fingerprint density at radius 3 is 2.56 bits per heavy atom. The molecule has 0 spiro atoms. The van der Waals surface area contributed by atoms with Crippen LogP contribution in [0, 0.1) is 12.7 Å². The minimum atomic E-state index is -0.697. The lowest BCUT2D eigenvalue weighted by Gasteiger charge is -2.05. The number of aromatic nitrogens is 2. The summed E-state index contributed by atoms with van der Waals surface area (Å²) in [5.41, 5.74) is 2.13. The topological polar surface area (TPSA) is 85.1 Å². The van der Waals surface area contributed by atoms with E-state index in [1.54, 1.807) is 0 Å². The molecule has 138 valence electrons. The summed E-state index contributed by atoms with van der Waals surface area (Å²) in [6, 6.07) is 11.5. The van der Waals surface area contributed by atoms with E-state index in [9.17, 15) is 14.0 Å². The van der Waals surface area contributed by atoms with Crippen molar-refractivity contribution in [2.24, 2.45) is 0 Å². The summed E-state index contributed by atoms with van der Waals surface area (Å²) in [6.45, 7) is 3.30. The van der Waals surface area contributed by atoms with Gasteiger partial charge in [0.25, 0.3) is 5.22 Å². The minimum absolute atomic E-state index is 0.0497. The fourth-order valence-corrected chi connectivity index (χ4v) is 2.95. The van der Waals surface area contributed by atoms with Crippen LogP contribution < -0.4 is 5.32 Å². The zero-order chi connectivity index (χ0) is 19.4. The third-order valence-corrected chi connectivity index (χ3v) is 4.44. The molecule has 1 amide bonds. The number of hydrogen-bond acceptors (Lipinski definition) is 6. The number of aryl methyl sites for hydroxylation is 1. The average molecular weight is 385 g/mol. The number of nitrogens with one attached hydrogen (secondary N) is 1. The molecule has 27 heavy (non-hydrogen) atoms. The van der Waals surface area contributed by atoms with Gasteiger partial charge in [0.15, 0.2) is 5.78 Å². The maximum atomic E-state index is 14.1. The van der Waals surface area contributed by atoms with Crippen molar-refractivity contribution in [3.05, 3.63) is 59.4 Å². The molecule has 0 aliphatic rings. The molecule has 0 unspecified atom stereocenters. The number of benzene rings is 2. The highest BCUT2D eigenvalue weighted by atomic mass is 32.2. The quantitative estimate of drug-likeness (QED) is 0.508. The van der Waals surface area contributed by atoms with E-state index in [1.807, 2.05) is 31.2 Å². The second-order valence-corrected chi connectivity index (χ2v) is 6.75. The molecular formula is C19H16FN3O3S. The SMILES string of the molecule is CC(=O)Nc1ccc(C(=O)CSc2nnc(-c3ccc(C)cc3)o2)c(F)c1. The van der Waals surface area contributed by atoms with Crippen molar-refractivity contribution in [3.8, 4) is 11.5 Å². The molecule has 1 heterocycles. The monoisotopic (exact) mass is 385 g/mol. The first-order valence-corrected chi connectivity index (χ1v) is 9.04. The van der Waals surface area contributed by atoms with Gasteiger partial charge in [-0.3, -0.25) is 9.59 Å². The van der Waals surface area contributed by atoms with Crippen LogP contribution in [0.4, 0.5) is 10.1 Å². The first-order valence-electron chi connectivity index (χ1n) is 8.06. The lowest BCUT2D eigenvalue weighted by atomic mass is 10.1. The summed E-state index contributed by atoms with van der Waals surface area (Å²) in [7, 11) is 0. The molecular weight excluding hydrogens is 369 g/mol. The first-order chi connectivity index (χ1) is 12.9. The number of halogens is 1. The van der Waals surface area contributed by atoms with Gasteiger partial charge in [-0.1, -0.05) is 29.5 Å². The standard InChI is InChI=1S/C19H16FN3O3S/c1-11-3-5-13(6-4-11)18-22-23-19(26-18)27-10-17(25)15-8-7-14(9-16(15)20)21-12(2)24/h3-9H,10H2,1-2H3,(H,21,24). The van der Waals surface area contributed by atoms with Crippen molar-refractivity contribution < 1.29 is 18.4 Å². The van der Waals surface area contributed by atoms with Crippen molar-refractivity contribution in [1.29, 1.82) is 0 Å². The van der Waals surface area contributed by atoms with Gasteiger partial charge in [-0.05, 0) is 37.3 Å². The molecule has 0 bridgehead atoms. The first kappa shape index (κ1) is 18.8. The average Bonchev–Trinajstić information content (AvgIpc) is 3.09. The minimum Gasteiger partial charge on any atom is -0.411 e. The summed E-state index contributed by atoms with van der Waals surface area (Å²) in [5.74, 6) is -1.12. The number of rotatable bonds is 6. The molecule has 6 nitrogen and oxygen atoms in total. The molecule has 0 aliphatic carbocycles. The predicted octanol–water partition coefficient (Wildman–Crippen LogP) is 4.12. The number of carbonyl (C=O) groups excluding carboxylic acids is 2. The highest BCUT2D eigenvalue weighted by Crippen LogP contribution is 2.24. The van der Waals surface area contributed by atoms with Gasteiger partial charge < -0.3 is 9.73 Å². The number of ketones is 1. The molecule has 0 atom stereocenters. The summed E-state index contributed by atoms with van der Waals surface area (Å²) in [5, 5.41) is 10.6. The van der Waals surface area contributed by atoms with Crippen LogP contribution in [0.25, 0.3) is 11.5 Å². The Hall–Kier alpha value is -3.00. The van der Waals surface area contributed by atoms with Crippen LogP contribution in [0.2, 0.25) is 0 Å². The van der Waals surface area contributed by atoms with E-state index in [1.165, 1.54) is 19.1 Å². The summed E-state index contributed by atoms with van der Waals surface area (Å²) in [6.07, 6.45) is 0. The molecule has 1 N–H and O–H groups in total. The van der Waals surface area contributed by atoms with E-state index in [-0.39, 0.29) is 22.4 Å². The summed E-state index contributed by atoms with van der Waals surface area (Å²) < 4.78 is 19.6. The Kier molecular flexibility index (Phi) is 5.66. The van der Waals surface area contributed by atoms with Crippen LogP contribution in [-0.2, 0) is 4.79 Å². The number of anilines is 1. The number of thioether (sulfide) groups is 1. The van der Waals surface area contributed by atoms with Crippen molar-refractivity contribution in [3.63, 3.8) is 0 Å². The number of Topliss-reactive ketones (excluding diaryl/α,β-unsaturated/α-hetero) is 1. The summed E-state index contributed by atoms with van der Waals surface area (Å²) >= 11 is 1.04. The van der Waals surface area contributed by atoms with Gasteiger partial charge in [0.1, 0.15) is 5.82 Å². The van der Waals surface area contributed by atoms with E-state index in [2.05, 4.69) is 15.5 Å². The third-order valence-electron chi connectivity index (χ3n) is 3.62. The van der Waals surface area contributed by atoms with Gasteiger partial charge in [-0.25, -0.2) is 4.39 Å². The van der Waals surface area contributed by atoms with Gasteiger partial charge in [0.2, 0.25) is 11.8 Å². The molecule has 0 aliphatic heterocycles. The Labute approximate surface area is 159 Å². The molecule has 0 fully saturated rings. The molecule has 0 saturated heterocycles. The second-order valence-electron chi connectivity index (χ2n) is 5.83. The normalized spacial score (nSPS) is 10.6. The van der Waals surface area contributed by atoms with E-state index in [0.717, 1.165) is 29.0 Å². The third kappa shape index (κ3) is 4.79. The van der Waals surface area contributed by atoms with Crippen LogP contribution >= 0.6 is 11.8 Å². The zero-order valence-corrected chi connectivity index (χ0v) is 15.5. The molecule has 3 aromatic rings. The van der Waals surface area contributed by atoms with Crippen LogP contribution in [-0.4, -0.2) is 27.6 Å². The largest absolute Gasteiger partial charge is 0.411 e. The van der Waals surface area contributed by atoms with Crippen LogP contribution in [0.3, 0.4) is 0 Å². The Morgan fingerprint density at radius 1 is 1.15 bits per heavy atom. The molecule has 3 rings (SSSR count). The smallest absolute Gasteiger partial charge is 0.277 e. The molecule has 2 aromatic carbocycles. The van der Waals surface area contributed by atoms with E-state index >= 15 is 0 Å². The fraction of sp³-hybridized carbons (Fsp3) is 0.158. The van der Waals surface area contributed by atoms with E-state index in [0.29, 0.717) is 11.6 Å². The van der Waals surface area contributed by atoms with Crippen molar-refractivity contribution in [2.45, 2.75) is 19.1 Å². The van der Waals surface area contributed by atoms with Gasteiger partial charge in [-0.2, -0.15) is 0 Å². The second kappa shape index (κ2) is 8.13. The van der Waals surface area contributed by atoms with Crippen LogP contribution in [0.15, 0.2) is 52.1 Å². The Bertz CT molecular complexity index is 986. The Balaban J connectivity index is 1.64. The lowest BCUT2D eigenvalue weighted by Crippen LogP contribution is -2.09. The van der Waals surface area contributed by atoms with E-state index < -0.39 is 11.6 Å². The van der Waals surface area contributed by atoms with Crippen molar-refractivity contribution in [1.82, 2.24) is 10.2 Å². The maximum absolute atomic E-state index is 14.1. The predicted molar refractivity (Wildman–Crippen MR) is 100 cm³/mol. The lowest BCUT2D eigenvalue weighted by molar-refractivity contribution is -0.114. The van der Waals surface area contributed by atoms with E-state index in [4.69, 9.17) is 4.42 Å². The molecule has 0 saturated carbocycles. The highest BCUT2D eigenvalue weighted by Gasteiger charge is 2.16. The molecule has 1 aromatic heterocycles. The fourth-order valence-electron chi connectivity index (χ4n) is 2.31. The summed E-state index contributed by atoms with van der Waals surface area (Å²) in [4.78, 5) is 23.2. The van der Waals surface area contributed by atoms with Gasteiger partial charge in [0, 0.05) is 18.2 Å². The number of hydrogen-bond donors (Lipinski definition) is 1.